The van der Waals surface area contributed by atoms with E-state index in [0.29, 0.717) is 12.0 Å². The second-order valence-corrected chi connectivity index (χ2v) is 5.76. The molecule has 1 unspecified atom stereocenters. The standard InChI is InChI=1S/C17H28N2O2/c1-5-13(2)17(19-8-6-18-7-9-19)14-10-15(20-3)12-16(11-14)21-4/h10-13,17-18H,5-9H2,1-4H3/t13?,17-/m0/s1. The first-order valence-corrected chi connectivity index (χ1v) is 7.87. The predicted octanol–water partition coefficient (Wildman–Crippen LogP) is 2.70. The Morgan fingerprint density at radius 2 is 1.67 bits per heavy atom. The summed E-state index contributed by atoms with van der Waals surface area (Å²) in [7, 11) is 3.42. The molecule has 1 aliphatic rings. The lowest BCUT2D eigenvalue weighted by Crippen LogP contribution is -2.46. The van der Waals surface area contributed by atoms with Crippen LogP contribution in [0.3, 0.4) is 0 Å². The molecule has 0 aromatic heterocycles. The van der Waals surface area contributed by atoms with Gasteiger partial charge in [0.25, 0.3) is 0 Å². The quantitative estimate of drug-likeness (QED) is 0.874. The van der Waals surface area contributed by atoms with E-state index in [1.54, 1.807) is 14.2 Å². The molecule has 1 aromatic rings. The predicted molar refractivity (Wildman–Crippen MR) is 86.2 cm³/mol. The smallest absolute Gasteiger partial charge is 0.122 e. The molecule has 2 atom stereocenters. The van der Waals surface area contributed by atoms with Crippen molar-refractivity contribution >= 4 is 0 Å². The van der Waals surface area contributed by atoms with Gasteiger partial charge in [-0.05, 0) is 23.6 Å². The highest BCUT2D eigenvalue weighted by Crippen LogP contribution is 2.35. The van der Waals surface area contributed by atoms with Gasteiger partial charge in [0.2, 0.25) is 0 Å². The van der Waals surface area contributed by atoms with Gasteiger partial charge in [0.1, 0.15) is 11.5 Å². The van der Waals surface area contributed by atoms with Crippen LogP contribution in [0, 0.1) is 5.92 Å². The van der Waals surface area contributed by atoms with Gasteiger partial charge in [0.05, 0.1) is 14.2 Å². The van der Waals surface area contributed by atoms with Crippen molar-refractivity contribution in [3.63, 3.8) is 0 Å². The summed E-state index contributed by atoms with van der Waals surface area (Å²) in [5.74, 6) is 2.33. The van der Waals surface area contributed by atoms with Crippen LogP contribution in [0.1, 0.15) is 31.9 Å². The summed E-state index contributed by atoms with van der Waals surface area (Å²) < 4.78 is 10.9. The third-order valence-electron chi connectivity index (χ3n) is 4.44. The van der Waals surface area contributed by atoms with Gasteiger partial charge in [-0.15, -0.1) is 0 Å². The van der Waals surface area contributed by atoms with Gasteiger partial charge >= 0.3 is 0 Å². The van der Waals surface area contributed by atoms with Gasteiger partial charge in [-0.1, -0.05) is 20.3 Å². The van der Waals surface area contributed by atoms with E-state index < -0.39 is 0 Å². The summed E-state index contributed by atoms with van der Waals surface area (Å²) in [6.07, 6.45) is 1.16. The molecule has 0 saturated carbocycles. The van der Waals surface area contributed by atoms with Crippen molar-refractivity contribution in [2.75, 3.05) is 40.4 Å². The van der Waals surface area contributed by atoms with Crippen LogP contribution in [-0.4, -0.2) is 45.3 Å². The zero-order chi connectivity index (χ0) is 15.2. The Morgan fingerprint density at radius 1 is 1.10 bits per heavy atom. The topological polar surface area (TPSA) is 33.7 Å². The first-order chi connectivity index (χ1) is 10.2. The largest absolute Gasteiger partial charge is 0.497 e. The highest BCUT2D eigenvalue weighted by molar-refractivity contribution is 5.40. The first-order valence-electron chi connectivity index (χ1n) is 7.87. The zero-order valence-electron chi connectivity index (χ0n) is 13.7. The Hall–Kier alpha value is -1.26. The molecular formula is C17H28N2O2. The monoisotopic (exact) mass is 292 g/mol. The summed E-state index contributed by atoms with van der Waals surface area (Å²) in [4.78, 5) is 2.58. The average molecular weight is 292 g/mol. The van der Waals surface area contributed by atoms with Crippen molar-refractivity contribution in [3.8, 4) is 11.5 Å². The molecule has 0 spiro atoms. The Balaban J connectivity index is 2.34. The number of rotatable bonds is 6. The maximum Gasteiger partial charge on any atom is 0.122 e. The normalized spacial score (nSPS) is 19.0. The molecule has 1 heterocycles. The van der Waals surface area contributed by atoms with Crippen LogP contribution in [-0.2, 0) is 0 Å². The Bertz CT molecular complexity index is 422. The van der Waals surface area contributed by atoms with E-state index in [9.17, 15) is 0 Å². The van der Waals surface area contributed by atoms with Gasteiger partial charge in [-0.2, -0.15) is 0 Å². The molecule has 1 saturated heterocycles. The number of nitrogens with zero attached hydrogens (tertiary/aromatic N) is 1. The lowest BCUT2D eigenvalue weighted by atomic mass is 9.90. The lowest BCUT2D eigenvalue weighted by Gasteiger charge is -2.38. The fraction of sp³-hybridized carbons (Fsp3) is 0.647. The van der Waals surface area contributed by atoms with Crippen molar-refractivity contribution in [2.24, 2.45) is 5.92 Å². The average Bonchev–Trinajstić information content (AvgIpc) is 2.55. The van der Waals surface area contributed by atoms with E-state index in [2.05, 4.69) is 36.2 Å². The molecule has 0 bridgehead atoms. The third-order valence-corrected chi connectivity index (χ3v) is 4.44. The highest BCUT2D eigenvalue weighted by Gasteiger charge is 2.27. The number of nitrogens with one attached hydrogen (secondary N) is 1. The fourth-order valence-electron chi connectivity index (χ4n) is 3.08. The third kappa shape index (κ3) is 3.89. The molecule has 4 nitrogen and oxygen atoms in total. The molecule has 4 heteroatoms. The molecule has 118 valence electrons. The molecular weight excluding hydrogens is 264 g/mol. The van der Waals surface area contributed by atoms with E-state index in [4.69, 9.17) is 9.47 Å². The van der Waals surface area contributed by atoms with E-state index in [1.165, 1.54) is 5.56 Å². The second-order valence-electron chi connectivity index (χ2n) is 5.76. The molecule has 1 aliphatic heterocycles. The molecule has 0 aliphatic carbocycles. The minimum absolute atomic E-state index is 0.418. The molecule has 0 radical (unpaired) electrons. The van der Waals surface area contributed by atoms with Crippen LogP contribution >= 0.6 is 0 Å². The van der Waals surface area contributed by atoms with E-state index in [-0.39, 0.29) is 0 Å². The molecule has 21 heavy (non-hydrogen) atoms. The Kier molecular flexibility index (Phi) is 5.88. The van der Waals surface area contributed by atoms with Crippen LogP contribution in [0.4, 0.5) is 0 Å². The van der Waals surface area contributed by atoms with Crippen molar-refractivity contribution < 1.29 is 9.47 Å². The maximum atomic E-state index is 5.44. The Labute approximate surface area is 128 Å². The van der Waals surface area contributed by atoms with Crippen LogP contribution in [0.25, 0.3) is 0 Å². The number of ether oxygens (including phenoxy) is 2. The van der Waals surface area contributed by atoms with E-state index in [0.717, 1.165) is 44.1 Å². The number of methoxy groups -OCH3 is 2. The van der Waals surface area contributed by atoms with Gasteiger partial charge in [0, 0.05) is 38.3 Å². The van der Waals surface area contributed by atoms with Crippen LogP contribution < -0.4 is 14.8 Å². The molecule has 1 N–H and O–H groups in total. The summed E-state index contributed by atoms with van der Waals surface area (Å²) in [6.45, 7) is 8.90. The molecule has 2 rings (SSSR count). The minimum atomic E-state index is 0.418. The van der Waals surface area contributed by atoms with Crippen LogP contribution in [0.5, 0.6) is 11.5 Å². The van der Waals surface area contributed by atoms with Crippen LogP contribution in [0.2, 0.25) is 0 Å². The number of piperazine rings is 1. The SMILES string of the molecule is CCC(C)[C@@H](c1cc(OC)cc(OC)c1)N1CCNCC1. The lowest BCUT2D eigenvalue weighted by molar-refractivity contribution is 0.128. The van der Waals surface area contributed by atoms with E-state index in [1.807, 2.05) is 6.07 Å². The van der Waals surface area contributed by atoms with Crippen molar-refractivity contribution in [2.45, 2.75) is 26.3 Å². The minimum Gasteiger partial charge on any atom is -0.497 e. The van der Waals surface area contributed by atoms with Crippen molar-refractivity contribution in [1.82, 2.24) is 10.2 Å². The summed E-state index contributed by atoms with van der Waals surface area (Å²) in [5, 5.41) is 3.43. The molecule has 0 amide bonds. The van der Waals surface area contributed by atoms with Crippen LogP contribution in [0.15, 0.2) is 18.2 Å². The van der Waals surface area contributed by atoms with Gasteiger partial charge in [-0.25, -0.2) is 0 Å². The summed E-state index contributed by atoms with van der Waals surface area (Å²) in [5.41, 5.74) is 1.29. The summed E-state index contributed by atoms with van der Waals surface area (Å²) >= 11 is 0. The number of hydrogen-bond acceptors (Lipinski definition) is 4. The van der Waals surface area contributed by atoms with Gasteiger partial charge in [0.15, 0.2) is 0 Å². The zero-order valence-corrected chi connectivity index (χ0v) is 13.7. The highest BCUT2D eigenvalue weighted by atomic mass is 16.5. The first kappa shape index (κ1) is 16.1. The van der Waals surface area contributed by atoms with E-state index >= 15 is 0 Å². The van der Waals surface area contributed by atoms with Crippen molar-refractivity contribution in [3.05, 3.63) is 23.8 Å². The van der Waals surface area contributed by atoms with Crippen molar-refractivity contribution in [1.29, 1.82) is 0 Å². The number of hydrogen-bond donors (Lipinski definition) is 1. The Morgan fingerprint density at radius 3 is 2.14 bits per heavy atom. The maximum absolute atomic E-state index is 5.44. The van der Waals surface area contributed by atoms with Gasteiger partial charge in [-0.3, -0.25) is 4.90 Å². The molecule has 1 fully saturated rings. The second kappa shape index (κ2) is 7.66. The fourth-order valence-corrected chi connectivity index (χ4v) is 3.08. The summed E-state index contributed by atoms with van der Waals surface area (Å²) in [6, 6.07) is 6.67. The van der Waals surface area contributed by atoms with Gasteiger partial charge < -0.3 is 14.8 Å². The number of benzene rings is 1. The molecule has 1 aromatic carbocycles.